The van der Waals surface area contributed by atoms with Crippen LogP contribution in [0.3, 0.4) is 0 Å². The van der Waals surface area contributed by atoms with Gasteiger partial charge in [-0.05, 0) is 18.6 Å². The summed E-state index contributed by atoms with van der Waals surface area (Å²) >= 11 is 1.31. The molecule has 0 unspecified atom stereocenters. The molecule has 154 valence electrons. The fourth-order valence-corrected chi connectivity index (χ4v) is 4.05. The third-order valence-electron chi connectivity index (χ3n) is 4.58. The van der Waals surface area contributed by atoms with Crippen LogP contribution in [0.15, 0.2) is 29.3 Å². The minimum absolute atomic E-state index is 0.293. The molecule has 2 heterocycles. The van der Waals surface area contributed by atoms with Gasteiger partial charge in [-0.25, -0.2) is 4.98 Å². The highest BCUT2D eigenvalue weighted by Gasteiger charge is 2.26. The number of carbonyl (C=O) groups excluding carboxylic acids is 1. The van der Waals surface area contributed by atoms with Gasteiger partial charge in [0, 0.05) is 29.3 Å². The summed E-state index contributed by atoms with van der Waals surface area (Å²) in [5.41, 5.74) is 7.78. The number of carbonyl (C=O) groups is 1. The minimum atomic E-state index is -0.351. The topological polar surface area (TPSA) is 127 Å². The Morgan fingerprint density at radius 1 is 1.45 bits per heavy atom. The maximum absolute atomic E-state index is 12.6. The maximum atomic E-state index is 12.6. The largest absolute Gasteiger partial charge is 0.397 e. The van der Waals surface area contributed by atoms with E-state index in [2.05, 4.69) is 22.2 Å². The van der Waals surface area contributed by atoms with Gasteiger partial charge in [-0.1, -0.05) is 25.5 Å². The van der Waals surface area contributed by atoms with Crippen molar-refractivity contribution in [3.8, 4) is 0 Å². The first kappa shape index (κ1) is 20.7. The number of fused-ring (bicyclic) bond motifs is 1. The van der Waals surface area contributed by atoms with Crippen molar-refractivity contribution in [2.75, 3.05) is 30.7 Å². The number of nitrogens with zero attached hydrogens (tertiary/aromatic N) is 4. The van der Waals surface area contributed by atoms with E-state index in [1.807, 2.05) is 4.90 Å². The lowest BCUT2D eigenvalue weighted by Crippen LogP contribution is -2.39. The van der Waals surface area contributed by atoms with Crippen molar-refractivity contribution in [1.29, 1.82) is 0 Å². The van der Waals surface area contributed by atoms with Crippen molar-refractivity contribution in [2.24, 2.45) is 4.99 Å². The number of amidine groups is 1. The van der Waals surface area contributed by atoms with Gasteiger partial charge >= 0.3 is 0 Å². The molecule has 1 aromatic heterocycles. The summed E-state index contributed by atoms with van der Waals surface area (Å²) in [5, 5.41) is 14.2. The molecule has 2 aromatic rings. The number of nitrogens with two attached hydrogens (primary N) is 1. The molecule has 0 saturated carbocycles. The summed E-state index contributed by atoms with van der Waals surface area (Å²) in [6.45, 7) is 3.42. The summed E-state index contributed by atoms with van der Waals surface area (Å²) in [6, 6.07) is 7.05. The molecule has 1 aliphatic rings. The molecule has 1 aromatic carbocycles. The van der Waals surface area contributed by atoms with E-state index in [1.165, 1.54) is 11.3 Å². The number of nitrogens with one attached hydrogen (secondary N) is 1. The molecule has 0 aliphatic carbocycles. The summed E-state index contributed by atoms with van der Waals surface area (Å²) in [4.78, 5) is 35.1. The van der Waals surface area contributed by atoms with Crippen LogP contribution in [0, 0.1) is 10.1 Å². The Balaban J connectivity index is 1.73. The van der Waals surface area contributed by atoms with Crippen molar-refractivity contribution in [3.63, 3.8) is 0 Å². The SMILES string of the molecule is CCCCN=C(C[N+](=O)[O-])N1CCc2nc(C(=O)Nc3ccccc3N)sc2C1. The fraction of sp³-hybridized carbons (Fsp3) is 0.421. The minimum Gasteiger partial charge on any atom is -0.397 e. The second kappa shape index (κ2) is 9.46. The van der Waals surface area contributed by atoms with Crippen LogP contribution in [0.25, 0.3) is 0 Å². The first-order chi connectivity index (χ1) is 14.0. The Bertz CT molecular complexity index is 926. The van der Waals surface area contributed by atoms with Crippen molar-refractivity contribution in [2.45, 2.75) is 32.7 Å². The molecule has 0 fully saturated rings. The Labute approximate surface area is 172 Å². The molecule has 1 amide bonds. The van der Waals surface area contributed by atoms with Crippen LogP contribution < -0.4 is 11.1 Å². The Morgan fingerprint density at radius 3 is 2.97 bits per heavy atom. The fourth-order valence-electron chi connectivity index (χ4n) is 3.03. The van der Waals surface area contributed by atoms with Gasteiger partial charge in [0.15, 0.2) is 10.8 Å². The van der Waals surface area contributed by atoms with Crippen molar-refractivity contribution >= 4 is 34.5 Å². The molecule has 0 saturated heterocycles. The van der Waals surface area contributed by atoms with Crippen LogP contribution in [0.4, 0.5) is 11.4 Å². The molecular weight excluding hydrogens is 392 g/mol. The predicted molar refractivity (Wildman–Crippen MR) is 114 cm³/mol. The molecule has 0 spiro atoms. The number of anilines is 2. The average Bonchev–Trinajstić information content (AvgIpc) is 3.12. The zero-order valence-electron chi connectivity index (χ0n) is 16.3. The highest BCUT2D eigenvalue weighted by molar-refractivity contribution is 7.13. The predicted octanol–water partition coefficient (Wildman–Crippen LogP) is 2.81. The van der Waals surface area contributed by atoms with E-state index < -0.39 is 0 Å². The molecule has 3 N–H and O–H groups in total. The van der Waals surface area contributed by atoms with Gasteiger partial charge in [0.1, 0.15) is 0 Å². The zero-order valence-corrected chi connectivity index (χ0v) is 17.1. The normalized spacial score (nSPS) is 13.8. The Morgan fingerprint density at radius 2 is 2.24 bits per heavy atom. The zero-order chi connectivity index (χ0) is 20.8. The lowest BCUT2D eigenvalue weighted by atomic mass is 10.1. The smallest absolute Gasteiger partial charge is 0.284 e. The van der Waals surface area contributed by atoms with Gasteiger partial charge in [0.25, 0.3) is 12.5 Å². The van der Waals surface area contributed by atoms with E-state index in [0.717, 1.165) is 23.4 Å². The van der Waals surface area contributed by atoms with E-state index in [0.29, 0.717) is 48.3 Å². The van der Waals surface area contributed by atoms with Crippen molar-refractivity contribution < 1.29 is 9.72 Å². The van der Waals surface area contributed by atoms with Crippen molar-refractivity contribution in [3.05, 3.63) is 50.0 Å². The molecule has 29 heavy (non-hydrogen) atoms. The van der Waals surface area contributed by atoms with Crippen molar-refractivity contribution in [1.82, 2.24) is 9.88 Å². The number of unbranched alkanes of at least 4 members (excludes halogenated alkanes) is 1. The number of nitro groups is 1. The molecule has 9 nitrogen and oxygen atoms in total. The van der Waals surface area contributed by atoms with Gasteiger partial charge in [0.2, 0.25) is 0 Å². The number of thiazole rings is 1. The number of amides is 1. The standard InChI is InChI=1S/C19H24N6O3S/c1-2-3-9-21-17(12-25(27)28)24-10-8-15-16(11-24)29-19(23-15)18(26)22-14-7-5-4-6-13(14)20/h4-7H,2-3,8-12,20H2,1H3,(H,22,26). The number of rotatable bonds is 7. The van der Waals surface area contributed by atoms with E-state index in [9.17, 15) is 14.9 Å². The van der Waals surface area contributed by atoms with E-state index in [-0.39, 0.29) is 17.4 Å². The molecule has 3 rings (SSSR count). The molecule has 0 radical (unpaired) electrons. The highest BCUT2D eigenvalue weighted by Crippen LogP contribution is 2.27. The summed E-state index contributed by atoms with van der Waals surface area (Å²) in [7, 11) is 0. The third kappa shape index (κ3) is 5.29. The number of hydrogen-bond donors (Lipinski definition) is 2. The first-order valence-corrected chi connectivity index (χ1v) is 10.3. The van der Waals surface area contributed by atoms with Crippen LogP contribution >= 0.6 is 11.3 Å². The van der Waals surface area contributed by atoms with Gasteiger partial charge in [-0.15, -0.1) is 11.3 Å². The van der Waals surface area contributed by atoms with Gasteiger partial charge in [0.05, 0.1) is 23.6 Å². The number of benzene rings is 1. The van der Waals surface area contributed by atoms with E-state index >= 15 is 0 Å². The van der Waals surface area contributed by atoms with Crippen LogP contribution in [0.1, 0.15) is 40.1 Å². The highest BCUT2D eigenvalue weighted by atomic mass is 32.1. The Kier molecular flexibility index (Phi) is 6.76. The summed E-state index contributed by atoms with van der Waals surface area (Å²) in [6.07, 6.45) is 2.50. The second-order valence-electron chi connectivity index (χ2n) is 6.74. The van der Waals surface area contributed by atoms with Crippen LogP contribution in [-0.4, -0.2) is 46.2 Å². The van der Waals surface area contributed by atoms with Gasteiger partial charge < -0.3 is 16.0 Å². The number of hydrogen-bond acceptors (Lipinski definition) is 7. The second-order valence-corrected chi connectivity index (χ2v) is 7.83. The van der Waals surface area contributed by atoms with Gasteiger partial charge in [-0.2, -0.15) is 0 Å². The molecule has 10 heteroatoms. The van der Waals surface area contributed by atoms with E-state index in [1.54, 1.807) is 24.3 Å². The lowest BCUT2D eigenvalue weighted by molar-refractivity contribution is -0.464. The van der Waals surface area contributed by atoms with Crippen LogP contribution in [0.2, 0.25) is 0 Å². The monoisotopic (exact) mass is 416 g/mol. The first-order valence-electron chi connectivity index (χ1n) is 9.52. The number of aliphatic imine (C=N–C) groups is 1. The summed E-state index contributed by atoms with van der Waals surface area (Å²) < 4.78 is 0. The molecule has 0 bridgehead atoms. The molecule has 1 aliphatic heterocycles. The number of nitrogen functional groups attached to an aromatic ring is 1. The Hall–Kier alpha value is -3.01. The van der Waals surface area contributed by atoms with Gasteiger partial charge in [-0.3, -0.25) is 19.9 Å². The van der Waals surface area contributed by atoms with Crippen LogP contribution in [0.5, 0.6) is 0 Å². The molecular formula is C19H24N6O3S. The average molecular weight is 417 g/mol. The quantitative estimate of drug-likeness (QED) is 0.178. The summed E-state index contributed by atoms with van der Waals surface area (Å²) in [5.74, 6) is 0.182. The van der Waals surface area contributed by atoms with Crippen LogP contribution in [-0.2, 0) is 13.0 Å². The number of para-hydroxylation sites is 2. The maximum Gasteiger partial charge on any atom is 0.284 e. The van der Waals surface area contributed by atoms with E-state index in [4.69, 9.17) is 5.73 Å². The third-order valence-corrected chi connectivity index (χ3v) is 5.66. The number of aromatic nitrogens is 1. The lowest BCUT2D eigenvalue weighted by Gasteiger charge is -2.27. The molecule has 0 atom stereocenters.